The fourth-order valence-corrected chi connectivity index (χ4v) is 2.72. The van der Waals surface area contributed by atoms with Gasteiger partial charge in [0, 0.05) is 19.6 Å². The summed E-state index contributed by atoms with van der Waals surface area (Å²) in [7, 11) is 4.02. The Kier molecular flexibility index (Phi) is 8.28. The van der Waals surface area contributed by atoms with Gasteiger partial charge in [0.15, 0.2) is 0 Å². The highest BCUT2D eigenvalue weighted by Gasteiger charge is 2.40. The maximum Gasteiger partial charge on any atom is 0.235 e. The summed E-state index contributed by atoms with van der Waals surface area (Å²) in [6.07, 6.45) is 1.32. The molecule has 0 heterocycles. The first-order valence-corrected chi connectivity index (χ1v) is 7.86. The Morgan fingerprint density at radius 3 is 2.00 bits per heavy atom. The molecule has 0 aromatic rings. The third kappa shape index (κ3) is 5.02. The van der Waals surface area contributed by atoms with Gasteiger partial charge in [0.1, 0.15) is 0 Å². The normalized spacial score (nSPS) is 12.0. The maximum atomic E-state index is 13.0. The number of hydrogen-bond donors (Lipinski definition) is 1. The van der Waals surface area contributed by atoms with E-state index in [2.05, 4.69) is 18.7 Å². The molecule has 118 valence electrons. The first-order chi connectivity index (χ1) is 9.21. The Hall–Kier alpha value is -0.680. The molecule has 0 rings (SSSR count). The van der Waals surface area contributed by atoms with E-state index in [1.165, 1.54) is 0 Å². The van der Waals surface area contributed by atoms with Crippen LogP contribution in [-0.4, -0.2) is 54.4 Å². The van der Waals surface area contributed by atoms with Gasteiger partial charge in [-0.3, -0.25) is 4.79 Å². The van der Waals surface area contributed by atoms with Crippen LogP contribution in [-0.2, 0) is 4.79 Å². The molecule has 0 aliphatic heterocycles. The Bertz CT molecular complexity index is 325. The molecule has 4 nitrogen and oxygen atoms in total. The number of nitrogens with two attached hydrogens (primary N) is 1. The zero-order chi connectivity index (χ0) is 15.9. The van der Waals surface area contributed by atoms with Crippen LogP contribution in [0.3, 0.4) is 0 Å². The number of rotatable bonds is 9. The van der Waals surface area contributed by atoms with E-state index in [4.69, 9.17) is 18.0 Å². The fraction of sp³-hybridized carbons (Fsp3) is 0.867. The first-order valence-electron chi connectivity index (χ1n) is 7.45. The highest BCUT2D eigenvalue weighted by Crippen LogP contribution is 2.30. The highest BCUT2D eigenvalue weighted by molar-refractivity contribution is 7.80. The largest absolute Gasteiger partial charge is 0.392 e. The predicted molar refractivity (Wildman–Crippen MR) is 89.8 cm³/mol. The van der Waals surface area contributed by atoms with Gasteiger partial charge in [-0.2, -0.15) is 0 Å². The molecule has 0 aromatic heterocycles. The number of carbonyl (C=O) groups is 1. The average Bonchev–Trinajstić information content (AvgIpc) is 2.35. The van der Waals surface area contributed by atoms with Crippen molar-refractivity contribution in [2.75, 3.05) is 33.7 Å². The number of thiocarbonyl (C=S) groups is 1. The van der Waals surface area contributed by atoms with Gasteiger partial charge in [0.2, 0.25) is 5.91 Å². The molecule has 5 heteroatoms. The van der Waals surface area contributed by atoms with Gasteiger partial charge < -0.3 is 15.5 Å². The molecular weight excluding hydrogens is 270 g/mol. The van der Waals surface area contributed by atoms with Gasteiger partial charge in [-0.1, -0.05) is 39.9 Å². The third-order valence-electron chi connectivity index (χ3n) is 3.78. The lowest BCUT2D eigenvalue weighted by molar-refractivity contribution is -0.139. The van der Waals surface area contributed by atoms with E-state index >= 15 is 0 Å². The topological polar surface area (TPSA) is 49.6 Å². The number of amides is 1. The zero-order valence-corrected chi connectivity index (χ0v) is 14.7. The van der Waals surface area contributed by atoms with Crippen molar-refractivity contribution in [2.45, 2.75) is 40.5 Å². The molecule has 0 unspecified atom stereocenters. The molecule has 0 aromatic carbocycles. The van der Waals surface area contributed by atoms with Crippen molar-refractivity contribution in [1.29, 1.82) is 0 Å². The molecule has 0 radical (unpaired) electrons. The van der Waals surface area contributed by atoms with E-state index in [0.717, 1.165) is 13.1 Å². The number of hydrogen-bond acceptors (Lipinski definition) is 3. The summed E-state index contributed by atoms with van der Waals surface area (Å²) in [6.45, 7) is 10.5. The second-order valence-corrected chi connectivity index (χ2v) is 6.54. The predicted octanol–water partition coefficient (Wildman–Crippen LogP) is 2.13. The molecule has 0 bridgehead atoms. The minimum atomic E-state index is -0.684. The molecule has 1 amide bonds. The third-order valence-corrected chi connectivity index (χ3v) is 4.17. The molecule has 20 heavy (non-hydrogen) atoms. The molecule has 2 N–H and O–H groups in total. The molecule has 0 saturated carbocycles. The van der Waals surface area contributed by atoms with Crippen molar-refractivity contribution in [3.05, 3.63) is 0 Å². The van der Waals surface area contributed by atoms with Crippen LogP contribution in [0.1, 0.15) is 40.5 Å². The van der Waals surface area contributed by atoms with Crippen LogP contribution in [0.4, 0.5) is 0 Å². The summed E-state index contributed by atoms with van der Waals surface area (Å²) in [4.78, 5) is 17.3. The lowest BCUT2D eigenvalue weighted by Crippen LogP contribution is -2.52. The summed E-state index contributed by atoms with van der Waals surface area (Å²) in [6, 6.07) is 0. The summed E-state index contributed by atoms with van der Waals surface area (Å²) in [5.41, 5.74) is 5.21. The standard InChI is InChI=1S/C15H31N3OS/c1-7-15(8-2,13(16)20)14(19)18(11-12(3)4)10-9-17(5)6/h12H,7-11H2,1-6H3,(H2,16,20). The number of carbonyl (C=O) groups excluding carboxylic acids is 1. The Morgan fingerprint density at radius 1 is 1.20 bits per heavy atom. The van der Waals surface area contributed by atoms with Crippen LogP contribution in [0, 0.1) is 11.3 Å². The minimum Gasteiger partial charge on any atom is -0.392 e. The van der Waals surface area contributed by atoms with E-state index in [-0.39, 0.29) is 5.91 Å². The van der Waals surface area contributed by atoms with Crippen molar-refractivity contribution in [3.63, 3.8) is 0 Å². The quantitative estimate of drug-likeness (QED) is 0.663. The van der Waals surface area contributed by atoms with Crippen molar-refractivity contribution in [3.8, 4) is 0 Å². The van der Waals surface area contributed by atoms with Crippen molar-refractivity contribution >= 4 is 23.1 Å². The summed E-state index contributed by atoms with van der Waals surface area (Å²) >= 11 is 5.19. The van der Waals surface area contributed by atoms with Crippen LogP contribution in [0.15, 0.2) is 0 Å². The Labute approximate surface area is 129 Å². The lowest BCUT2D eigenvalue weighted by atomic mass is 9.80. The van der Waals surface area contributed by atoms with Crippen molar-refractivity contribution < 1.29 is 4.79 Å². The maximum absolute atomic E-state index is 13.0. The minimum absolute atomic E-state index is 0.0885. The van der Waals surface area contributed by atoms with Crippen LogP contribution in [0.5, 0.6) is 0 Å². The monoisotopic (exact) mass is 301 g/mol. The summed E-state index contributed by atoms with van der Waals surface area (Å²) in [5, 5.41) is 0. The fourth-order valence-electron chi connectivity index (χ4n) is 2.35. The van der Waals surface area contributed by atoms with Crippen LogP contribution in [0.2, 0.25) is 0 Å². The summed E-state index contributed by atoms with van der Waals surface area (Å²) in [5.74, 6) is 0.518. The van der Waals surface area contributed by atoms with E-state index in [0.29, 0.717) is 30.3 Å². The Balaban J connectivity index is 5.21. The smallest absolute Gasteiger partial charge is 0.235 e. The first kappa shape index (κ1) is 19.3. The van der Waals surface area contributed by atoms with E-state index in [9.17, 15) is 4.79 Å². The molecule has 0 aliphatic rings. The zero-order valence-electron chi connectivity index (χ0n) is 13.9. The number of nitrogens with zero attached hydrogens (tertiary/aromatic N) is 2. The van der Waals surface area contributed by atoms with E-state index < -0.39 is 5.41 Å². The van der Waals surface area contributed by atoms with Gasteiger partial charge in [0.25, 0.3) is 0 Å². The molecule has 0 spiro atoms. The SMILES string of the molecule is CCC(CC)(C(=O)N(CCN(C)C)CC(C)C)C(N)=S. The average molecular weight is 302 g/mol. The van der Waals surface area contributed by atoms with Crippen molar-refractivity contribution in [2.24, 2.45) is 17.1 Å². The van der Waals surface area contributed by atoms with Gasteiger partial charge in [-0.25, -0.2) is 0 Å². The molecule has 0 atom stereocenters. The van der Waals surface area contributed by atoms with Crippen LogP contribution >= 0.6 is 12.2 Å². The second-order valence-electron chi connectivity index (χ2n) is 6.10. The Morgan fingerprint density at radius 2 is 1.70 bits per heavy atom. The van der Waals surface area contributed by atoms with Crippen LogP contribution < -0.4 is 5.73 Å². The van der Waals surface area contributed by atoms with Gasteiger partial charge in [0.05, 0.1) is 10.4 Å². The number of likely N-dealkylation sites (N-methyl/N-ethyl adjacent to an activating group) is 1. The van der Waals surface area contributed by atoms with E-state index in [1.54, 1.807) is 0 Å². The van der Waals surface area contributed by atoms with Gasteiger partial charge in [-0.05, 0) is 32.9 Å². The lowest BCUT2D eigenvalue weighted by Gasteiger charge is -2.36. The molecular formula is C15H31N3OS. The van der Waals surface area contributed by atoms with Crippen LogP contribution in [0.25, 0.3) is 0 Å². The second kappa shape index (κ2) is 8.57. The van der Waals surface area contributed by atoms with Crippen molar-refractivity contribution in [1.82, 2.24) is 9.80 Å². The molecule has 0 aliphatic carbocycles. The molecule has 0 fully saturated rings. The highest BCUT2D eigenvalue weighted by atomic mass is 32.1. The summed E-state index contributed by atoms with van der Waals surface area (Å²) < 4.78 is 0. The van der Waals surface area contributed by atoms with Gasteiger partial charge in [-0.15, -0.1) is 0 Å². The van der Waals surface area contributed by atoms with Gasteiger partial charge >= 0.3 is 0 Å². The van der Waals surface area contributed by atoms with E-state index in [1.807, 2.05) is 32.8 Å². The molecule has 0 saturated heterocycles.